The second kappa shape index (κ2) is 14.0. The number of rotatable bonds is 9. The lowest BCUT2D eigenvalue weighted by Crippen LogP contribution is -2.51. The molecule has 6 heterocycles. The Balaban J connectivity index is 1.13. The molecule has 9 rings (SSSR count). The minimum Gasteiger partial charge on any atom is -0.489 e. The maximum atomic E-state index is 17.3. The fourth-order valence-electron chi connectivity index (χ4n) is 8.94. The second-order valence-corrected chi connectivity index (χ2v) is 15.1. The van der Waals surface area contributed by atoms with Crippen molar-refractivity contribution in [1.29, 1.82) is 0 Å². The molecular formula is C42H39F3N6O4. The van der Waals surface area contributed by atoms with Crippen LogP contribution in [0.15, 0.2) is 54.7 Å². The molecule has 4 aliphatic rings. The maximum absolute atomic E-state index is 17.3. The zero-order valence-corrected chi connectivity index (χ0v) is 30.3. The van der Waals surface area contributed by atoms with Crippen LogP contribution in [0.25, 0.3) is 32.9 Å². The lowest BCUT2D eigenvalue weighted by molar-refractivity contribution is -0.131. The molecule has 0 amide bonds. The van der Waals surface area contributed by atoms with E-state index in [0.29, 0.717) is 59.5 Å². The largest absolute Gasteiger partial charge is 0.489 e. The first-order chi connectivity index (χ1) is 26.7. The summed E-state index contributed by atoms with van der Waals surface area (Å²) in [5.41, 5.74) is 0.434. The van der Waals surface area contributed by atoms with Gasteiger partial charge in [-0.3, -0.25) is 14.7 Å². The predicted octanol–water partition coefficient (Wildman–Crippen LogP) is 6.50. The summed E-state index contributed by atoms with van der Waals surface area (Å²) in [6.45, 7) is 4.18. The molecule has 55 heavy (non-hydrogen) atoms. The molecule has 0 radical (unpaired) electrons. The topological polar surface area (TPSA) is 102 Å². The van der Waals surface area contributed by atoms with E-state index in [9.17, 15) is 9.18 Å². The summed E-state index contributed by atoms with van der Waals surface area (Å²) in [7, 11) is 0. The van der Waals surface area contributed by atoms with Crippen LogP contribution in [0.1, 0.15) is 50.2 Å². The number of carbonyl (C=O) groups excluding carboxylic acids is 1. The van der Waals surface area contributed by atoms with Gasteiger partial charge in [0.15, 0.2) is 5.82 Å². The quantitative estimate of drug-likeness (QED) is 0.102. The number of esters is 1. The number of anilines is 1. The van der Waals surface area contributed by atoms with Crippen molar-refractivity contribution in [2.75, 3.05) is 37.7 Å². The van der Waals surface area contributed by atoms with E-state index in [1.54, 1.807) is 48.7 Å². The molecule has 2 aromatic heterocycles. The first-order valence-electron chi connectivity index (χ1n) is 18.7. The van der Waals surface area contributed by atoms with Crippen molar-refractivity contribution in [1.82, 2.24) is 25.2 Å². The Hall–Kier alpha value is -5.45. The van der Waals surface area contributed by atoms with Gasteiger partial charge in [-0.2, -0.15) is 9.97 Å². The maximum Gasteiger partial charge on any atom is 0.319 e. The average Bonchev–Trinajstić information content (AvgIpc) is 3.83. The summed E-state index contributed by atoms with van der Waals surface area (Å²) in [6, 6.07) is 13.6. The van der Waals surface area contributed by atoms with Crippen LogP contribution in [0.5, 0.6) is 17.5 Å². The number of pyridine rings is 1. The van der Waals surface area contributed by atoms with E-state index in [4.69, 9.17) is 25.6 Å². The number of aromatic nitrogens is 3. The van der Waals surface area contributed by atoms with Gasteiger partial charge >= 0.3 is 12.0 Å². The third kappa shape index (κ3) is 6.57. The average molecular weight is 749 g/mol. The summed E-state index contributed by atoms with van der Waals surface area (Å²) >= 11 is 0. The summed E-state index contributed by atoms with van der Waals surface area (Å²) < 4.78 is 64.8. The fourth-order valence-corrected chi connectivity index (χ4v) is 8.94. The van der Waals surface area contributed by atoms with E-state index in [1.165, 1.54) is 13.0 Å². The molecule has 1 N–H and O–H groups in total. The van der Waals surface area contributed by atoms with Crippen molar-refractivity contribution in [2.45, 2.75) is 69.4 Å². The van der Waals surface area contributed by atoms with Gasteiger partial charge in [-0.15, -0.1) is 6.42 Å². The highest BCUT2D eigenvalue weighted by Crippen LogP contribution is 2.42. The highest BCUT2D eigenvalue weighted by atomic mass is 19.1. The molecule has 4 atom stereocenters. The van der Waals surface area contributed by atoms with Gasteiger partial charge in [0.2, 0.25) is 0 Å². The van der Waals surface area contributed by atoms with E-state index < -0.39 is 29.3 Å². The fraction of sp³-hybridized carbons (Fsp3) is 0.381. The normalized spacial score (nSPS) is 23.3. The van der Waals surface area contributed by atoms with Gasteiger partial charge in [0.25, 0.3) is 0 Å². The monoisotopic (exact) mass is 748 g/mol. The van der Waals surface area contributed by atoms with E-state index in [-0.39, 0.29) is 53.6 Å². The van der Waals surface area contributed by atoms with Gasteiger partial charge in [-0.1, -0.05) is 24.1 Å². The summed E-state index contributed by atoms with van der Waals surface area (Å²) in [4.78, 5) is 29.8. The van der Waals surface area contributed by atoms with Crippen LogP contribution in [0.4, 0.5) is 19.0 Å². The van der Waals surface area contributed by atoms with Crippen molar-refractivity contribution in [2.24, 2.45) is 0 Å². The third-order valence-corrected chi connectivity index (χ3v) is 11.4. The lowest BCUT2D eigenvalue weighted by Gasteiger charge is -2.34. The van der Waals surface area contributed by atoms with E-state index in [2.05, 4.69) is 31.0 Å². The number of halogens is 3. The molecular weight excluding hydrogens is 709 g/mol. The lowest BCUT2D eigenvalue weighted by atomic mass is 9.95. The van der Waals surface area contributed by atoms with Crippen LogP contribution in [0, 0.1) is 24.0 Å². The summed E-state index contributed by atoms with van der Waals surface area (Å²) in [5.74, 6) is 1.94. The molecule has 4 aliphatic heterocycles. The smallest absolute Gasteiger partial charge is 0.319 e. The van der Waals surface area contributed by atoms with E-state index in [1.807, 2.05) is 0 Å². The summed E-state index contributed by atoms with van der Waals surface area (Å²) in [6.07, 6.45) is 10.7. The second-order valence-electron chi connectivity index (χ2n) is 15.1. The Labute approximate surface area is 316 Å². The van der Waals surface area contributed by atoms with Gasteiger partial charge in [0, 0.05) is 62.2 Å². The molecule has 2 bridgehead atoms. The minimum atomic E-state index is -0.931. The number of alkyl halides is 1. The minimum absolute atomic E-state index is 0.00236. The molecule has 4 fully saturated rings. The predicted molar refractivity (Wildman–Crippen MR) is 201 cm³/mol. The number of hydrogen-bond acceptors (Lipinski definition) is 10. The van der Waals surface area contributed by atoms with Gasteiger partial charge in [0.05, 0.1) is 16.5 Å². The molecule has 3 aromatic carbocycles. The van der Waals surface area contributed by atoms with Crippen molar-refractivity contribution >= 4 is 33.5 Å². The molecule has 282 valence electrons. The first kappa shape index (κ1) is 35.3. The molecule has 13 heteroatoms. The molecule has 0 aliphatic carbocycles. The molecule has 2 unspecified atom stereocenters. The number of ether oxygens (including phenoxy) is 3. The van der Waals surface area contributed by atoms with Crippen molar-refractivity contribution in [3.05, 3.63) is 77.5 Å². The SMILES string of the molecule is C#Cc1c(F)ccc2cc(OCc3ccc(OC(C)=O)cc3)cc(-c3ncc4c(N5CC6CCC(C5)N6)nc(OC[C@@]56CCCN5C[C@H](F)C6)nc4c3F)c12. The van der Waals surface area contributed by atoms with Crippen LogP contribution in [-0.2, 0) is 11.4 Å². The highest BCUT2D eigenvalue weighted by Gasteiger charge is 2.49. The van der Waals surface area contributed by atoms with Crippen LogP contribution >= 0.6 is 0 Å². The van der Waals surface area contributed by atoms with Crippen LogP contribution in [0.3, 0.4) is 0 Å². The van der Waals surface area contributed by atoms with E-state index >= 15 is 8.78 Å². The van der Waals surface area contributed by atoms with Crippen LogP contribution in [0.2, 0.25) is 0 Å². The van der Waals surface area contributed by atoms with Crippen molar-refractivity contribution in [3.8, 4) is 41.1 Å². The number of nitrogens with zero attached hydrogens (tertiary/aromatic N) is 5. The van der Waals surface area contributed by atoms with Gasteiger partial charge < -0.3 is 24.4 Å². The highest BCUT2D eigenvalue weighted by molar-refractivity contribution is 6.03. The molecule has 10 nitrogen and oxygen atoms in total. The summed E-state index contributed by atoms with van der Waals surface area (Å²) in [5, 5.41) is 4.88. The third-order valence-electron chi connectivity index (χ3n) is 11.4. The van der Waals surface area contributed by atoms with Crippen LogP contribution in [-0.4, -0.2) is 82.4 Å². The van der Waals surface area contributed by atoms with Crippen molar-refractivity contribution < 1.29 is 32.2 Å². The Bertz CT molecular complexity index is 2360. The molecule has 0 saturated carbocycles. The van der Waals surface area contributed by atoms with Gasteiger partial charge in [-0.25, -0.2) is 13.2 Å². The zero-order valence-electron chi connectivity index (χ0n) is 30.3. The Morgan fingerprint density at radius 1 is 1.04 bits per heavy atom. The van der Waals surface area contributed by atoms with Crippen LogP contribution < -0.4 is 24.4 Å². The van der Waals surface area contributed by atoms with E-state index in [0.717, 1.165) is 37.8 Å². The Morgan fingerprint density at radius 2 is 1.84 bits per heavy atom. The van der Waals surface area contributed by atoms with Gasteiger partial charge in [-0.05, 0) is 73.5 Å². The molecule has 0 spiro atoms. The Morgan fingerprint density at radius 3 is 2.60 bits per heavy atom. The molecule has 5 aromatic rings. The number of carbonyl (C=O) groups is 1. The van der Waals surface area contributed by atoms with Gasteiger partial charge in [0.1, 0.15) is 53.7 Å². The molecule has 4 saturated heterocycles. The number of terminal acetylenes is 1. The number of fused-ring (bicyclic) bond motifs is 5. The van der Waals surface area contributed by atoms with Crippen molar-refractivity contribution in [3.63, 3.8) is 0 Å². The number of piperazine rings is 1. The first-order valence-corrected chi connectivity index (χ1v) is 18.7. The number of nitrogens with one attached hydrogen (secondary N) is 1. The standard InChI is InChI=1S/C42H39F3N6O4/c1-3-32-35(44)12-7-26-15-31(53-22-25-5-10-30(11-6-25)55-24(2)52)16-33(36(26)32)38-37(45)39-34(18-46-38)40(50-20-28-8-9-29(21-50)47-28)49-41(48-39)54-23-42-13-4-14-51(42)19-27(43)17-42/h1,5-7,10-12,15-16,18,27-29,47H,4,8-9,13-14,17,19-23H2,2H3/t27-,28?,29?,42+/m1/s1. The zero-order chi connectivity index (χ0) is 37.8. The number of hydrogen-bond donors (Lipinski definition) is 1. The number of benzene rings is 3. The Kier molecular flexibility index (Phi) is 8.98.